The lowest BCUT2D eigenvalue weighted by atomic mass is 10.4. The Bertz CT molecular complexity index is 721. The monoisotopic (exact) mass is 514 g/mol. The van der Waals surface area contributed by atoms with Gasteiger partial charge >= 0.3 is 23.1 Å². The van der Waals surface area contributed by atoms with Gasteiger partial charge in [-0.15, -0.1) is 0 Å². The lowest BCUT2D eigenvalue weighted by molar-refractivity contribution is -0.139. The number of carbonyl (C=O) groups is 1. The Labute approximate surface area is 199 Å². The average Bonchev–Trinajstić information content (AvgIpc) is 2.64. The van der Waals surface area contributed by atoms with E-state index in [1.807, 2.05) is 6.07 Å². The van der Waals surface area contributed by atoms with Crippen LogP contribution in [-0.4, -0.2) is 59.5 Å². The molecule has 0 aliphatic rings. The second-order valence-corrected chi connectivity index (χ2v) is 25.7. The number of ether oxygens (including phenoxy) is 2. The van der Waals surface area contributed by atoms with Crippen LogP contribution in [0.2, 0.25) is 58.4 Å². The third kappa shape index (κ3) is 11.8. The van der Waals surface area contributed by atoms with Crippen molar-refractivity contribution in [3.05, 3.63) is 43.0 Å². The molecule has 0 saturated carbocycles. The van der Waals surface area contributed by atoms with Crippen molar-refractivity contribution in [2.45, 2.75) is 64.8 Å². The summed E-state index contributed by atoms with van der Waals surface area (Å²) < 4.78 is 30.5. The second-order valence-electron chi connectivity index (χ2n) is 9.90. The summed E-state index contributed by atoms with van der Waals surface area (Å²) in [7, 11) is -8.71. The van der Waals surface area contributed by atoms with Gasteiger partial charge in [0.15, 0.2) is 8.32 Å². The molecule has 0 N–H and O–H groups in total. The van der Waals surface area contributed by atoms with Gasteiger partial charge in [0.1, 0.15) is 6.61 Å². The highest BCUT2D eigenvalue weighted by atomic mass is 28.5. The quantitative estimate of drug-likeness (QED) is 0.144. The molecule has 0 fully saturated rings. The Hall–Kier alpha value is -0.862. The Morgan fingerprint density at radius 1 is 0.844 bits per heavy atom. The van der Waals surface area contributed by atoms with Crippen LogP contribution in [0.4, 0.5) is 0 Å². The Kier molecular flexibility index (Phi) is 11.4. The van der Waals surface area contributed by atoms with Crippen LogP contribution < -0.4 is 5.19 Å². The van der Waals surface area contributed by atoms with Crippen molar-refractivity contribution in [1.82, 2.24) is 0 Å². The summed E-state index contributed by atoms with van der Waals surface area (Å²) in [4.78, 5) is 11.1. The van der Waals surface area contributed by atoms with Crippen LogP contribution in [0, 0.1) is 0 Å². The number of esters is 1. The summed E-state index contributed by atoms with van der Waals surface area (Å²) in [5.74, 6) is -0.428. The fourth-order valence-corrected chi connectivity index (χ4v) is 22.8. The Morgan fingerprint density at radius 2 is 1.44 bits per heavy atom. The molecule has 0 aliphatic heterocycles. The van der Waals surface area contributed by atoms with E-state index < -0.39 is 39.7 Å². The molecule has 0 spiro atoms. The highest BCUT2D eigenvalue weighted by Gasteiger charge is 2.44. The van der Waals surface area contributed by atoms with Crippen LogP contribution in [0.25, 0.3) is 0 Å². The van der Waals surface area contributed by atoms with Crippen LogP contribution in [0.3, 0.4) is 0 Å². The third-order valence-electron chi connectivity index (χ3n) is 4.48. The van der Waals surface area contributed by atoms with Gasteiger partial charge in [0.05, 0.1) is 6.61 Å². The number of carbonyl (C=O) groups excluding carboxylic acids is 1. The fourth-order valence-electron chi connectivity index (χ4n) is 3.83. The molecule has 0 heterocycles. The Morgan fingerprint density at radius 3 is 2.00 bits per heavy atom. The van der Waals surface area contributed by atoms with Crippen molar-refractivity contribution in [3.8, 4) is 0 Å². The third-order valence-corrected chi connectivity index (χ3v) is 19.5. The van der Waals surface area contributed by atoms with Gasteiger partial charge in [0.25, 0.3) is 0 Å². The summed E-state index contributed by atoms with van der Waals surface area (Å²) >= 11 is 0. The highest BCUT2D eigenvalue weighted by molar-refractivity contribution is 6.94. The predicted octanol–water partition coefficient (Wildman–Crippen LogP) is 4.89. The molecule has 0 aromatic heterocycles. The standard InChI is InChI=1S/C22H42O6Si4/c1-10-22(23)25-19-18-24-17-14-20-32(9,21-15-12-11-13-16-21)28-31(7,8)27-30(5,6)26-29(2,3)4/h10-13,15-16H,1,14,17-20H2,2-9H3. The molecule has 1 rings (SSSR count). The summed E-state index contributed by atoms with van der Waals surface area (Å²) in [5, 5.41) is 1.26. The van der Waals surface area contributed by atoms with E-state index in [4.69, 9.17) is 21.8 Å². The zero-order chi connectivity index (χ0) is 24.5. The maximum Gasteiger partial charge on any atom is 0.330 e. The van der Waals surface area contributed by atoms with Crippen LogP contribution in [0.1, 0.15) is 6.42 Å². The summed E-state index contributed by atoms with van der Waals surface area (Å²) in [6, 6.07) is 11.4. The van der Waals surface area contributed by atoms with Crippen molar-refractivity contribution >= 4 is 44.9 Å². The summed E-state index contributed by atoms with van der Waals surface area (Å²) in [6.45, 7) is 21.9. The van der Waals surface area contributed by atoms with Crippen molar-refractivity contribution in [2.75, 3.05) is 19.8 Å². The van der Waals surface area contributed by atoms with Crippen LogP contribution in [-0.2, 0) is 26.6 Å². The first kappa shape index (κ1) is 29.2. The molecule has 0 aliphatic carbocycles. The number of rotatable bonds is 15. The van der Waals surface area contributed by atoms with E-state index in [1.165, 1.54) is 5.19 Å². The lowest BCUT2D eigenvalue weighted by Gasteiger charge is -2.41. The maximum atomic E-state index is 11.1. The molecule has 32 heavy (non-hydrogen) atoms. The van der Waals surface area contributed by atoms with E-state index in [-0.39, 0.29) is 6.61 Å². The van der Waals surface area contributed by atoms with Gasteiger partial charge in [-0.05, 0) is 70.0 Å². The largest absolute Gasteiger partial charge is 0.460 e. The predicted molar refractivity (Wildman–Crippen MR) is 141 cm³/mol. The van der Waals surface area contributed by atoms with E-state index in [0.717, 1.165) is 18.5 Å². The molecule has 182 valence electrons. The second kappa shape index (κ2) is 12.6. The fraction of sp³-hybridized carbons (Fsp3) is 0.591. The lowest BCUT2D eigenvalue weighted by Crippen LogP contribution is -2.60. The first-order valence-electron chi connectivity index (χ1n) is 11.2. The van der Waals surface area contributed by atoms with Gasteiger partial charge < -0.3 is 21.8 Å². The van der Waals surface area contributed by atoms with Crippen molar-refractivity contribution in [2.24, 2.45) is 0 Å². The number of benzene rings is 1. The van der Waals surface area contributed by atoms with Gasteiger partial charge in [-0.1, -0.05) is 36.9 Å². The number of hydrogen-bond acceptors (Lipinski definition) is 6. The average molecular weight is 515 g/mol. The molecule has 1 atom stereocenters. The summed E-state index contributed by atoms with van der Waals surface area (Å²) in [5.41, 5.74) is 0. The molecule has 1 unspecified atom stereocenters. The van der Waals surface area contributed by atoms with E-state index in [0.29, 0.717) is 13.2 Å². The smallest absolute Gasteiger partial charge is 0.330 e. The Balaban J connectivity index is 2.77. The van der Waals surface area contributed by atoms with Crippen molar-refractivity contribution in [3.63, 3.8) is 0 Å². The molecule has 6 nitrogen and oxygen atoms in total. The van der Waals surface area contributed by atoms with Crippen molar-refractivity contribution in [1.29, 1.82) is 0 Å². The van der Waals surface area contributed by atoms with Crippen LogP contribution in [0.15, 0.2) is 43.0 Å². The molecule has 1 aromatic carbocycles. The van der Waals surface area contributed by atoms with E-state index in [1.54, 1.807) is 0 Å². The minimum Gasteiger partial charge on any atom is -0.460 e. The SMILES string of the molecule is C=CC(=O)OCCOCCC[Si](C)(O[Si](C)(C)O[Si](C)(C)O[Si](C)(C)C)c1ccccc1. The van der Waals surface area contributed by atoms with Gasteiger partial charge in [-0.3, -0.25) is 0 Å². The molecule has 0 amide bonds. The minimum atomic E-state index is -2.44. The van der Waals surface area contributed by atoms with Crippen molar-refractivity contribution < 1.29 is 26.6 Å². The van der Waals surface area contributed by atoms with Gasteiger partial charge in [-0.25, -0.2) is 4.79 Å². The van der Waals surface area contributed by atoms with E-state index in [2.05, 4.69) is 83.2 Å². The minimum absolute atomic E-state index is 0.235. The van der Waals surface area contributed by atoms with Gasteiger partial charge in [0, 0.05) is 12.7 Å². The first-order chi connectivity index (χ1) is 14.7. The zero-order valence-electron chi connectivity index (χ0n) is 21.2. The highest BCUT2D eigenvalue weighted by Crippen LogP contribution is 2.26. The van der Waals surface area contributed by atoms with Crippen LogP contribution >= 0.6 is 0 Å². The molecule has 0 saturated heterocycles. The van der Waals surface area contributed by atoms with Gasteiger partial charge in [0.2, 0.25) is 8.32 Å². The normalized spacial score (nSPS) is 14.6. The molecule has 10 heteroatoms. The molecule has 0 radical (unpaired) electrons. The molecule has 1 aromatic rings. The topological polar surface area (TPSA) is 63.2 Å². The molecular formula is C22H42O6Si4. The molecular weight excluding hydrogens is 473 g/mol. The zero-order valence-corrected chi connectivity index (χ0v) is 25.2. The maximum absolute atomic E-state index is 11.1. The first-order valence-corrected chi connectivity index (χ1v) is 22.9. The van der Waals surface area contributed by atoms with Crippen LogP contribution in [0.5, 0.6) is 0 Å². The molecule has 0 bridgehead atoms. The van der Waals surface area contributed by atoms with Gasteiger partial charge in [-0.2, -0.15) is 0 Å². The number of hydrogen-bond donors (Lipinski definition) is 0. The van der Waals surface area contributed by atoms with E-state index in [9.17, 15) is 4.79 Å². The van der Waals surface area contributed by atoms with E-state index >= 15 is 0 Å². The summed E-state index contributed by atoms with van der Waals surface area (Å²) in [6.07, 6.45) is 2.02.